The molecule has 5 unspecified atom stereocenters. The van der Waals surface area contributed by atoms with Crippen LogP contribution in [0.4, 0.5) is 0 Å². The van der Waals surface area contributed by atoms with Crippen molar-refractivity contribution in [1.29, 1.82) is 0 Å². The molecular formula is C81H117N9O18. The predicted octanol–water partition coefficient (Wildman–Crippen LogP) is 5.81. The van der Waals surface area contributed by atoms with Crippen LogP contribution in [0, 0.1) is 0 Å². The average molecular weight is 1540 g/mol. The summed E-state index contributed by atoms with van der Waals surface area (Å²) >= 11 is 0. The third-order valence-corrected chi connectivity index (χ3v) is 12.0. The molecule has 0 saturated carbocycles. The molecule has 9 aromatic rings. The lowest BCUT2D eigenvalue weighted by Crippen LogP contribution is -2.16. The summed E-state index contributed by atoms with van der Waals surface area (Å²) in [4.78, 5) is 0. The maximum absolute atomic E-state index is 9.95. The third-order valence-electron chi connectivity index (χ3n) is 12.0. The zero-order valence-electron chi connectivity index (χ0n) is 94.1. The van der Waals surface area contributed by atoms with Gasteiger partial charge in [-0.1, -0.05) is 109 Å². The van der Waals surface area contributed by atoms with Gasteiger partial charge in [-0.25, -0.2) is 0 Å². The van der Waals surface area contributed by atoms with Crippen molar-refractivity contribution in [3.8, 4) is 51.7 Å². The van der Waals surface area contributed by atoms with Crippen molar-refractivity contribution < 1.29 is 139 Å². The Morgan fingerprint density at radius 2 is 0.463 bits per heavy atom. The van der Waals surface area contributed by atoms with Gasteiger partial charge in [0.25, 0.3) is 0 Å². The topological polar surface area (TPSA) is 472 Å². The van der Waals surface area contributed by atoms with Gasteiger partial charge in [0.2, 0.25) is 0 Å². The number of benzene rings is 9. The number of aliphatic hydroxyl groups is 9. The SMILES string of the molecule is [2H]C(O)(CNC)c1cccc(O)c1.[2H]C([2H])(NC)[C@@]([2H])(O)c1cccc(O)c1.[2H]C([2H])(NC)[C@]([2H])(O)c1cccc(O)c1.[2H][C@](O)(CNC)c1cccc(O)c1.[2H]c1c([2H])c(O)c([2H])c(C(O)C([2H])([2H])NC)c1[2H].[2H]c1c([2H])c(O)c([2H])c(C(O)CNC)c1[2H].[2H]c1c([2H])c(O)c([2H])c(C([2H])(O)C([2H])([2H])NC)c1[2H].[2H]c1c([2H])c(O)c([2H])c(C([2H])(O)CNC)c1[2H].[2H]c1c([2H])c(O)c([2H])c([C@@H](O)CNC)c1[2H]. The second-order valence-corrected chi connectivity index (χ2v) is 20.5. The van der Waals surface area contributed by atoms with E-state index in [9.17, 15) is 81.7 Å². The molecule has 0 saturated heterocycles. The van der Waals surface area contributed by atoms with Gasteiger partial charge in [0.1, 0.15) is 51.7 Å². The van der Waals surface area contributed by atoms with Crippen LogP contribution < -0.4 is 47.9 Å². The fourth-order valence-electron chi connectivity index (χ4n) is 7.28. The number of aliphatic hydroxyl groups excluding tert-OH is 3. The van der Waals surface area contributed by atoms with Gasteiger partial charge >= 0.3 is 0 Å². The van der Waals surface area contributed by atoms with E-state index in [-0.39, 0.29) is 78.0 Å². The normalized spacial score (nSPS) is 19.6. The lowest BCUT2D eigenvalue weighted by molar-refractivity contribution is 0.177. The maximum atomic E-state index is 9.95. The standard InChI is InChI=1S/9C9H13NO2/c9*1-10-6-9(12)7-3-2-4-8(11)5-7/h9*2-5,9-12H,6H2,1H3/t4*9-;;;;;/m1000...../s1/i6D2,9D;2D,3D,4D,5D;6D2,9D;9D;2D,3D,4D,5D,6D2,9D;2D,3D,4D,5D,9D;2D,3D,4D,5D,6D2;2D,3D,4D,5D;9D. The molecule has 594 valence electrons. The van der Waals surface area contributed by atoms with Crippen LogP contribution >= 0.6 is 0 Å². The molecular weight excluding hydrogens is 1390 g/mol. The molecule has 108 heavy (non-hydrogen) atoms. The molecule has 0 aliphatic heterocycles. The number of nitrogens with one attached hydrogen (secondary N) is 9. The van der Waals surface area contributed by atoms with E-state index in [1.54, 1.807) is 52.5 Å². The molecule has 0 heterocycles. The van der Waals surface area contributed by atoms with Crippen LogP contribution in [0.2, 0.25) is 0 Å². The minimum Gasteiger partial charge on any atom is -0.508 e. The van der Waals surface area contributed by atoms with Crippen LogP contribution in [0.5, 0.6) is 51.7 Å². The first-order chi connectivity index (χ1) is 64.9. The van der Waals surface area contributed by atoms with Crippen molar-refractivity contribution in [3.05, 3.63) is 268 Å². The number of aromatic hydroxyl groups is 9. The summed E-state index contributed by atoms with van der Waals surface area (Å²) < 4.78 is 254. The maximum Gasteiger partial charge on any atom is 0.115 e. The minimum absolute atomic E-state index is 0.0122. The van der Waals surface area contributed by atoms with E-state index in [1.807, 2.05) is 5.32 Å². The van der Waals surface area contributed by atoms with Crippen molar-refractivity contribution in [2.45, 2.75) is 54.8 Å². The lowest BCUT2D eigenvalue weighted by atomic mass is 10.1. The number of likely N-dealkylation sites (N-methyl/N-ethyl adjacent to an activating group) is 9. The summed E-state index contributed by atoms with van der Waals surface area (Å²) in [6.07, 6.45) is -17.9. The zero-order valence-corrected chi connectivity index (χ0v) is 60.1. The molecule has 9 aromatic carbocycles. The van der Waals surface area contributed by atoms with Crippen LogP contribution in [-0.4, -0.2) is 214 Å². The van der Waals surface area contributed by atoms with Gasteiger partial charge in [-0.3, -0.25) is 0 Å². The van der Waals surface area contributed by atoms with Gasteiger partial charge < -0.3 is 140 Å². The molecule has 9 atom stereocenters. The van der Waals surface area contributed by atoms with Crippen molar-refractivity contribution in [2.75, 3.05) is 122 Å². The Morgan fingerprint density at radius 3 is 0.713 bits per heavy atom. The van der Waals surface area contributed by atoms with Crippen LogP contribution in [0.1, 0.15) is 151 Å². The highest BCUT2D eigenvalue weighted by Gasteiger charge is 2.13. The van der Waals surface area contributed by atoms with Crippen LogP contribution in [0.3, 0.4) is 0 Å². The summed E-state index contributed by atoms with van der Waals surface area (Å²) in [5.74, 6) is -4.11. The van der Waals surface area contributed by atoms with Gasteiger partial charge in [0, 0.05) is 69.7 Å². The minimum atomic E-state index is -3.07. The van der Waals surface area contributed by atoms with E-state index >= 15 is 0 Å². The van der Waals surface area contributed by atoms with Crippen LogP contribution in [0.15, 0.2) is 218 Å². The number of hydrogen-bond donors (Lipinski definition) is 27. The first kappa shape index (κ1) is 53.3. The molecule has 0 fully saturated rings. The summed E-state index contributed by atoms with van der Waals surface area (Å²) in [6, 6.07) is 10.5. The molecule has 27 N–H and O–H groups in total. The molecule has 0 amide bonds. The molecule has 0 aliphatic rings. The summed E-state index contributed by atoms with van der Waals surface area (Å²) in [7, 11) is 13.0. The summed E-state index contributed by atoms with van der Waals surface area (Å²) in [5, 5.41) is 193. The molecule has 0 spiro atoms. The van der Waals surface area contributed by atoms with E-state index < -0.39 is 247 Å². The molecule has 0 bridgehead atoms. The molecule has 0 aliphatic carbocycles. The van der Waals surface area contributed by atoms with E-state index in [4.69, 9.17) is 56.8 Å². The Hall–Kier alpha value is -9.54. The molecule has 27 heteroatoms. The summed E-state index contributed by atoms with van der Waals surface area (Å²) in [6.45, 7) is -9.47. The Kier molecular flexibility index (Phi) is 28.4. The Morgan fingerprint density at radius 1 is 0.250 bits per heavy atom. The van der Waals surface area contributed by atoms with E-state index in [1.165, 1.54) is 88.9 Å². The van der Waals surface area contributed by atoms with Crippen LogP contribution in [-0.2, 0) is 0 Å². The number of rotatable bonds is 27. The fourth-order valence-corrected chi connectivity index (χ4v) is 7.28. The smallest absolute Gasteiger partial charge is 0.115 e. The van der Waals surface area contributed by atoms with E-state index in [2.05, 4.69) is 42.5 Å². The number of phenolic OH excluding ortho intramolecular Hbond substituents is 9. The largest absolute Gasteiger partial charge is 0.508 e. The predicted molar refractivity (Wildman–Crippen MR) is 423 cm³/mol. The van der Waals surface area contributed by atoms with E-state index in [0.717, 1.165) is 19.2 Å². The number of hydrogen-bond acceptors (Lipinski definition) is 27. The van der Waals surface area contributed by atoms with Gasteiger partial charge in [-0.05, 0) is 222 Å². The Balaban J connectivity index is 0.000000800. The molecule has 27 nitrogen and oxygen atoms in total. The zero-order chi connectivity index (χ0) is 111. The number of phenols is 9. The highest BCUT2D eigenvalue weighted by Crippen LogP contribution is 2.24. The highest BCUT2D eigenvalue weighted by molar-refractivity contribution is 5.35. The van der Waals surface area contributed by atoms with Gasteiger partial charge in [-0.2, -0.15) is 0 Å². The van der Waals surface area contributed by atoms with Crippen molar-refractivity contribution in [1.82, 2.24) is 47.9 Å². The molecule has 0 radical (unpaired) electrons. The Labute approximate surface area is 682 Å². The van der Waals surface area contributed by atoms with Gasteiger partial charge in [-0.15, -0.1) is 0 Å². The highest BCUT2D eigenvalue weighted by atomic mass is 16.3. The van der Waals surface area contributed by atoms with Crippen LogP contribution in [0.25, 0.3) is 0 Å². The van der Waals surface area contributed by atoms with E-state index in [0.29, 0.717) is 11.1 Å². The second kappa shape index (κ2) is 57.6. The van der Waals surface area contributed by atoms with Gasteiger partial charge in [0.05, 0.1) is 90.4 Å². The molecule has 9 rings (SSSR count). The quantitative estimate of drug-likeness (QED) is 0.0289. The van der Waals surface area contributed by atoms with Crippen molar-refractivity contribution in [2.24, 2.45) is 0 Å². The summed E-state index contributed by atoms with van der Waals surface area (Å²) in [5.41, 5.74) is -1.41. The fraction of sp³-hybridized carbons (Fsp3) is 0.333. The second-order valence-electron chi connectivity index (χ2n) is 20.5. The first-order valence-corrected chi connectivity index (χ1v) is 31.5. The van der Waals surface area contributed by atoms with Crippen molar-refractivity contribution >= 4 is 0 Å². The molecule has 0 aromatic heterocycles. The third kappa shape index (κ3) is 42.7. The first-order valence-electron chi connectivity index (χ1n) is 48.5. The average Bonchev–Trinajstić information content (AvgIpc) is 0.743. The monoisotopic (exact) mass is 1540 g/mol. The Bertz CT molecular complexity index is 5350. The van der Waals surface area contributed by atoms with Crippen molar-refractivity contribution in [3.63, 3.8) is 0 Å². The lowest BCUT2D eigenvalue weighted by Gasteiger charge is -2.09. The van der Waals surface area contributed by atoms with Gasteiger partial charge in [0.15, 0.2) is 0 Å².